The van der Waals surface area contributed by atoms with Crippen molar-refractivity contribution in [1.82, 2.24) is 16.0 Å². The minimum absolute atomic E-state index is 0.00566. The number of Topliss-reactive ketones (excluding diaryl/α,β-unsaturated/α-hetero) is 1. The Kier molecular flexibility index (Phi) is 9.49. The topological polar surface area (TPSA) is 128 Å². The zero-order valence-electron chi connectivity index (χ0n) is 15.9. The van der Waals surface area contributed by atoms with Crippen molar-refractivity contribution in [1.29, 1.82) is 5.41 Å². The molecule has 0 fully saturated rings. The molecule has 2 atom stereocenters. The molecule has 0 saturated carbocycles. The van der Waals surface area contributed by atoms with Crippen LogP contribution in [0.2, 0.25) is 0 Å². The quantitative estimate of drug-likeness (QED) is 0.416. The van der Waals surface area contributed by atoms with Gasteiger partial charge in [0, 0.05) is 19.9 Å². The van der Waals surface area contributed by atoms with Gasteiger partial charge in [-0.2, -0.15) is 0 Å². The summed E-state index contributed by atoms with van der Waals surface area (Å²) in [6.07, 6.45) is 0.900. The first kappa shape index (κ1) is 22.9. The lowest BCUT2D eigenvalue weighted by atomic mass is 10.1. The molecule has 0 spiro atoms. The van der Waals surface area contributed by atoms with Gasteiger partial charge in [-0.05, 0) is 30.5 Å². The smallest absolute Gasteiger partial charge is 0.243 e. The first-order chi connectivity index (χ1) is 13.3. The lowest BCUT2D eigenvalue weighted by molar-refractivity contribution is -0.132. The van der Waals surface area contributed by atoms with Gasteiger partial charge >= 0.3 is 0 Å². The van der Waals surface area contributed by atoms with Crippen LogP contribution in [0.1, 0.15) is 38.7 Å². The van der Waals surface area contributed by atoms with Crippen LogP contribution >= 0.6 is 0 Å². The lowest BCUT2D eigenvalue weighted by Crippen LogP contribution is -2.53. The summed E-state index contributed by atoms with van der Waals surface area (Å²) < 4.78 is 13.0. The van der Waals surface area contributed by atoms with Crippen LogP contribution in [0.5, 0.6) is 0 Å². The molecule has 1 rings (SSSR count). The Morgan fingerprint density at radius 2 is 1.71 bits per heavy atom. The number of amides is 3. The Morgan fingerprint density at radius 1 is 1.07 bits per heavy atom. The number of nitrogens with one attached hydrogen (secondary N) is 4. The Morgan fingerprint density at radius 3 is 2.25 bits per heavy atom. The molecule has 0 radical (unpaired) electrons. The van der Waals surface area contributed by atoms with E-state index in [1.165, 1.54) is 31.2 Å². The zero-order chi connectivity index (χ0) is 21.1. The molecule has 8 nitrogen and oxygen atoms in total. The van der Waals surface area contributed by atoms with Crippen molar-refractivity contribution in [2.75, 3.05) is 0 Å². The van der Waals surface area contributed by atoms with Crippen LogP contribution in [0, 0.1) is 11.2 Å². The second-order valence-corrected chi connectivity index (χ2v) is 6.22. The second-order valence-electron chi connectivity index (χ2n) is 6.22. The SMILES string of the molecule is CC[C@H](NC(C)=O)C(=O)N[C@@H](CCC(=O)C=N)C(=O)NCc1ccc(F)cc1. The van der Waals surface area contributed by atoms with Crippen molar-refractivity contribution in [2.24, 2.45) is 0 Å². The first-order valence-electron chi connectivity index (χ1n) is 8.89. The fourth-order valence-electron chi connectivity index (χ4n) is 2.41. The van der Waals surface area contributed by atoms with Crippen LogP contribution in [-0.2, 0) is 25.7 Å². The molecule has 3 amide bonds. The predicted octanol–water partition coefficient (Wildman–Crippen LogP) is 0.840. The highest BCUT2D eigenvalue weighted by Crippen LogP contribution is 2.04. The van der Waals surface area contributed by atoms with Gasteiger partial charge < -0.3 is 21.4 Å². The van der Waals surface area contributed by atoms with Gasteiger partial charge in [0.1, 0.15) is 17.9 Å². The summed E-state index contributed by atoms with van der Waals surface area (Å²) >= 11 is 0. The minimum atomic E-state index is -1.01. The summed E-state index contributed by atoms with van der Waals surface area (Å²) in [5.74, 6) is -2.30. The Labute approximate surface area is 162 Å². The molecule has 4 N–H and O–H groups in total. The number of carbonyl (C=O) groups excluding carboxylic acids is 4. The second kappa shape index (κ2) is 11.6. The molecular formula is C19H25FN4O4. The molecule has 0 aromatic heterocycles. The minimum Gasteiger partial charge on any atom is -0.350 e. The number of halogens is 1. The number of hydrogen-bond donors (Lipinski definition) is 4. The van der Waals surface area contributed by atoms with Crippen LogP contribution in [0.25, 0.3) is 0 Å². The number of carbonyl (C=O) groups is 4. The third-order valence-corrected chi connectivity index (χ3v) is 3.96. The van der Waals surface area contributed by atoms with E-state index in [0.717, 1.165) is 0 Å². The molecule has 0 saturated heterocycles. The van der Waals surface area contributed by atoms with E-state index in [4.69, 9.17) is 5.41 Å². The van der Waals surface area contributed by atoms with Crippen LogP contribution < -0.4 is 16.0 Å². The molecule has 0 aliphatic heterocycles. The Balaban J connectivity index is 2.78. The molecule has 28 heavy (non-hydrogen) atoms. The molecule has 1 aromatic carbocycles. The van der Waals surface area contributed by atoms with Crippen molar-refractivity contribution in [2.45, 2.75) is 51.7 Å². The van der Waals surface area contributed by atoms with Crippen molar-refractivity contribution in [3.05, 3.63) is 35.6 Å². The third-order valence-electron chi connectivity index (χ3n) is 3.96. The Bertz CT molecular complexity index is 721. The maximum atomic E-state index is 13.0. The summed E-state index contributed by atoms with van der Waals surface area (Å²) in [7, 11) is 0. The molecule has 0 bridgehead atoms. The van der Waals surface area contributed by atoms with Gasteiger partial charge in [-0.3, -0.25) is 19.2 Å². The normalized spacial score (nSPS) is 12.4. The number of rotatable bonds is 11. The summed E-state index contributed by atoms with van der Waals surface area (Å²) in [5.41, 5.74) is 0.667. The van der Waals surface area contributed by atoms with Gasteiger partial charge in [0.15, 0.2) is 5.78 Å². The molecule has 0 aliphatic carbocycles. The van der Waals surface area contributed by atoms with Crippen LogP contribution in [0.3, 0.4) is 0 Å². The summed E-state index contributed by atoms with van der Waals surface area (Å²) in [4.78, 5) is 47.5. The molecule has 9 heteroatoms. The molecule has 0 unspecified atom stereocenters. The van der Waals surface area contributed by atoms with Crippen LogP contribution in [-0.4, -0.2) is 41.8 Å². The Hall–Kier alpha value is -3.10. The van der Waals surface area contributed by atoms with Crippen LogP contribution in [0.4, 0.5) is 4.39 Å². The first-order valence-corrected chi connectivity index (χ1v) is 8.89. The maximum Gasteiger partial charge on any atom is 0.243 e. The van der Waals surface area contributed by atoms with Crippen molar-refractivity contribution in [3.8, 4) is 0 Å². The zero-order valence-corrected chi connectivity index (χ0v) is 15.9. The van der Waals surface area contributed by atoms with E-state index in [1.54, 1.807) is 6.92 Å². The summed E-state index contributed by atoms with van der Waals surface area (Å²) in [6.45, 7) is 3.11. The van der Waals surface area contributed by atoms with E-state index < -0.39 is 35.5 Å². The highest BCUT2D eigenvalue weighted by Gasteiger charge is 2.25. The highest BCUT2D eigenvalue weighted by atomic mass is 19.1. The number of ketones is 1. The van der Waals surface area contributed by atoms with E-state index in [0.29, 0.717) is 18.2 Å². The van der Waals surface area contributed by atoms with Gasteiger partial charge in [-0.1, -0.05) is 19.1 Å². The largest absolute Gasteiger partial charge is 0.350 e. The lowest BCUT2D eigenvalue weighted by Gasteiger charge is -2.22. The average Bonchev–Trinajstić information content (AvgIpc) is 2.67. The van der Waals surface area contributed by atoms with Gasteiger partial charge in [-0.25, -0.2) is 4.39 Å². The van der Waals surface area contributed by atoms with E-state index >= 15 is 0 Å². The third kappa shape index (κ3) is 8.07. The van der Waals surface area contributed by atoms with Gasteiger partial charge in [0.2, 0.25) is 17.7 Å². The average molecular weight is 392 g/mol. The fourth-order valence-corrected chi connectivity index (χ4v) is 2.41. The van der Waals surface area contributed by atoms with Gasteiger partial charge in [0.05, 0.1) is 6.21 Å². The summed E-state index contributed by atoms with van der Waals surface area (Å²) in [6, 6.07) is 3.76. The van der Waals surface area contributed by atoms with Crippen molar-refractivity contribution in [3.63, 3.8) is 0 Å². The van der Waals surface area contributed by atoms with E-state index in [9.17, 15) is 23.6 Å². The van der Waals surface area contributed by atoms with E-state index in [-0.39, 0.29) is 25.3 Å². The number of hydrogen-bond acceptors (Lipinski definition) is 5. The van der Waals surface area contributed by atoms with Crippen molar-refractivity contribution >= 4 is 29.7 Å². The highest BCUT2D eigenvalue weighted by molar-refractivity contribution is 6.26. The standard InChI is InChI=1S/C19H25FN4O4/c1-3-16(23-12(2)25)19(28)24-17(9-8-15(26)10-21)18(27)22-11-13-4-6-14(20)7-5-13/h4-7,10,16-17,21H,3,8-9,11H2,1-2H3,(H,22,27)(H,23,25)(H,24,28)/t16-,17-/m0/s1. The fraction of sp³-hybridized carbons (Fsp3) is 0.421. The van der Waals surface area contributed by atoms with Gasteiger partial charge in [-0.15, -0.1) is 0 Å². The molecule has 0 heterocycles. The van der Waals surface area contributed by atoms with Crippen LogP contribution in [0.15, 0.2) is 24.3 Å². The van der Waals surface area contributed by atoms with E-state index in [2.05, 4.69) is 16.0 Å². The number of benzene rings is 1. The molecule has 0 aliphatic rings. The monoisotopic (exact) mass is 392 g/mol. The molecule has 1 aromatic rings. The molecular weight excluding hydrogens is 367 g/mol. The molecule has 152 valence electrons. The predicted molar refractivity (Wildman–Crippen MR) is 101 cm³/mol. The summed E-state index contributed by atoms with van der Waals surface area (Å²) in [5, 5.41) is 14.6. The van der Waals surface area contributed by atoms with Crippen molar-refractivity contribution < 1.29 is 23.6 Å². The van der Waals surface area contributed by atoms with E-state index in [1.807, 2.05) is 0 Å². The van der Waals surface area contributed by atoms with Gasteiger partial charge in [0.25, 0.3) is 0 Å². The maximum absolute atomic E-state index is 13.0.